The standard InChI is InChI=1S/C19H39NO3/c1-3-4-5-6-7-8-9-10-11-12-13-14-15-16-17(21)18(20)19(22)23-2/h17-18,21H,3-16,20H2,1-2H3/t17-,18-/m1/s1. The first-order valence-corrected chi connectivity index (χ1v) is 9.65. The maximum atomic E-state index is 11.2. The lowest BCUT2D eigenvalue weighted by Gasteiger charge is -2.16. The molecule has 4 nitrogen and oxygen atoms in total. The van der Waals surface area contributed by atoms with Crippen LogP contribution in [-0.2, 0) is 9.53 Å². The van der Waals surface area contributed by atoms with Gasteiger partial charge in [-0.15, -0.1) is 0 Å². The number of unbranched alkanes of at least 4 members (excludes halogenated alkanes) is 12. The topological polar surface area (TPSA) is 72.5 Å². The van der Waals surface area contributed by atoms with Gasteiger partial charge in [0.25, 0.3) is 0 Å². The Morgan fingerprint density at radius 2 is 1.26 bits per heavy atom. The first-order chi connectivity index (χ1) is 11.1. The highest BCUT2D eigenvalue weighted by Gasteiger charge is 2.22. The van der Waals surface area contributed by atoms with Crippen LogP contribution >= 0.6 is 0 Å². The highest BCUT2D eigenvalue weighted by Crippen LogP contribution is 2.13. The molecule has 0 aliphatic rings. The average Bonchev–Trinajstić information content (AvgIpc) is 2.57. The first-order valence-electron chi connectivity index (χ1n) is 9.65. The highest BCUT2D eigenvalue weighted by molar-refractivity contribution is 5.75. The van der Waals surface area contributed by atoms with Gasteiger partial charge in [-0.2, -0.15) is 0 Å². The van der Waals surface area contributed by atoms with Crippen molar-refractivity contribution in [2.24, 2.45) is 5.73 Å². The van der Waals surface area contributed by atoms with Gasteiger partial charge in [0.2, 0.25) is 0 Å². The summed E-state index contributed by atoms with van der Waals surface area (Å²) in [5, 5.41) is 9.77. The predicted octanol–water partition coefficient (Wildman–Crippen LogP) is 4.33. The fourth-order valence-electron chi connectivity index (χ4n) is 2.84. The third-order valence-electron chi connectivity index (χ3n) is 4.49. The van der Waals surface area contributed by atoms with Crippen LogP contribution in [0.5, 0.6) is 0 Å². The van der Waals surface area contributed by atoms with Gasteiger partial charge in [-0.25, -0.2) is 0 Å². The molecule has 0 aromatic heterocycles. The average molecular weight is 330 g/mol. The van der Waals surface area contributed by atoms with E-state index >= 15 is 0 Å². The van der Waals surface area contributed by atoms with Crippen molar-refractivity contribution in [2.45, 2.75) is 109 Å². The number of carbonyl (C=O) groups is 1. The number of aliphatic hydroxyl groups excluding tert-OH is 1. The van der Waals surface area contributed by atoms with Crippen LogP contribution in [-0.4, -0.2) is 30.3 Å². The van der Waals surface area contributed by atoms with Crippen LogP contribution in [0.2, 0.25) is 0 Å². The minimum atomic E-state index is -0.905. The summed E-state index contributed by atoms with van der Waals surface area (Å²) in [6.45, 7) is 2.26. The molecule has 0 amide bonds. The van der Waals surface area contributed by atoms with Gasteiger partial charge in [0.05, 0.1) is 13.2 Å². The van der Waals surface area contributed by atoms with Gasteiger partial charge in [-0.05, 0) is 6.42 Å². The zero-order chi connectivity index (χ0) is 17.3. The monoisotopic (exact) mass is 329 g/mol. The molecule has 0 bridgehead atoms. The van der Waals surface area contributed by atoms with E-state index in [1.807, 2.05) is 0 Å². The fourth-order valence-corrected chi connectivity index (χ4v) is 2.84. The number of aliphatic hydroxyl groups is 1. The van der Waals surface area contributed by atoms with Crippen LogP contribution in [0, 0.1) is 0 Å². The molecule has 0 radical (unpaired) electrons. The quantitative estimate of drug-likeness (QED) is 0.326. The van der Waals surface area contributed by atoms with Crippen molar-refractivity contribution in [3.05, 3.63) is 0 Å². The molecule has 0 saturated carbocycles. The minimum absolute atomic E-state index is 0.535. The first kappa shape index (κ1) is 22.4. The Hall–Kier alpha value is -0.610. The SMILES string of the molecule is CCCCCCCCCCCCCCC[C@@H](O)[C@@H](N)C(=O)OC. The highest BCUT2D eigenvalue weighted by atomic mass is 16.5. The number of ether oxygens (including phenoxy) is 1. The second kappa shape index (κ2) is 16.3. The number of hydrogen-bond donors (Lipinski definition) is 2. The molecule has 0 spiro atoms. The molecule has 0 rings (SSSR count). The van der Waals surface area contributed by atoms with E-state index in [-0.39, 0.29) is 0 Å². The Balaban J connectivity index is 3.26. The van der Waals surface area contributed by atoms with Crippen molar-refractivity contribution in [1.29, 1.82) is 0 Å². The summed E-state index contributed by atoms with van der Waals surface area (Å²) in [6, 6.07) is -0.905. The summed E-state index contributed by atoms with van der Waals surface area (Å²) in [7, 11) is 1.29. The van der Waals surface area contributed by atoms with Gasteiger partial charge < -0.3 is 15.6 Å². The molecule has 0 aliphatic heterocycles. The molecule has 0 fully saturated rings. The lowest BCUT2D eigenvalue weighted by atomic mass is 10.0. The van der Waals surface area contributed by atoms with Gasteiger partial charge >= 0.3 is 5.97 Å². The maximum Gasteiger partial charge on any atom is 0.325 e. The molecule has 23 heavy (non-hydrogen) atoms. The fraction of sp³-hybridized carbons (Fsp3) is 0.947. The molecule has 0 unspecified atom stereocenters. The largest absolute Gasteiger partial charge is 0.468 e. The lowest BCUT2D eigenvalue weighted by Crippen LogP contribution is -2.42. The Morgan fingerprint density at radius 3 is 1.65 bits per heavy atom. The summed E-state index contributed by atoms with van der Waals surface area (Å²) in [5.41, 5.74) is 5.59. The normalized spacial score (nSPS) is 13.7. The number of methoxy groups -OCH3 is 1. The third-order valence-corrected chi connectivity index (χ3v) is 4.49. The lowest BCUT2D eigenvalue weighted by molar-refractivity contribution is -0.145. The van der Waals surface area contributed by atoms with Crippen molar-refractivity contribution >= 4 is 5.97 Å². The van der Waals surface area contributed by atoms with Crippen LogP contribution in [0.1, 0.15) is 96.8 Å². The van der Waals surface area contributed by atoms with E-state index in [1.165, 1.54) is 77.7 Å². The van der Waals surface area contributed by atoms with Gasteiger partial charge in [0.15, 0.2) is 0 Å². The Bertz CT molecular complexity index is 271. The van der Waals surface area contributed by atoms with Gasteiger partial charge in [-0.1, -0.05) is 90.4 Å². The van der Waals surface area contributed by atoms with Crippen LogP contribution in [0.4, 0.5) is 0 Å². The van der Waals surface area contributed by atoms with Crippen LogP contribution in [0.15, 0.2) is 0 Å². The van der Waals surface area contributed by atoms with E-state index < -0.39 is 18.1 Å². The Kier molecular flexibility index (Phi) is 15.8. The third kappa shape index (κ3) is 13.5. The van der Waals surface area contributed by atoms with Crippen molar-refractivity contribution in [3.63, 3.8) is 0 Å². The van der Waals surface area contributed by atoms with E-state index in [4.69, 9.17) is 5.73 Å². The summed E-state index contributed by atoms with van der Waals surface area (Å²) in [6.07, 6.45) is 16.7. The molecule has 2 atom stereocenters. The molecular formula is C19H39NO3. The summed E-state index contributed by atoms with van der Waals surface area (Å²) >= 11 is 0. The molecule has 138 valence electrons. The molecule has 4 heteroatoms. The predicted molar refractivity (Wildman–Crippen MR) is 96.3 cm³/mol. The number of nitrogens with two attached hydrogens (primary N) is 1. The van der Waals surface area contributed by atoms with Crippen molar-refractivity contribution in [3.8, 4) is 0 Å². The van der Waals surface area contributed by atoms with Crippen LogP contribution in [0.3, 0.4) is 0 Å². The minimum Gasteiger partial charge on any atom is -0.468 e. The Labute approximate surface area is 143 Å². The molecule has 3 N–H and O–H groups in total. The molecule has 0 aromatic carbocycles. The number of carbonyl (C=O) groups excluding carboxylic acids is 1. The van der Waals surface area contributed by atoms with Crippen molar-refractivity contribution in [2.75, 3.05) is 7.11 Å². The van der Waals surface area contributed by atoms with E-state index in [0.29, 0.717) is 6.42 Å². The second-order valence-corrected chi connectivity index (χ2v) is 6.65. The molecule has 0 aliphatic carbocycles. The van der Waals surface area contributed by atoms with E-state index in [0.717, 1.165) is 12.8 Å². The van der Waals surface area contributed by atoms with Gasteiger partial charge in [-0.3, -0.25) is 4.79 Å². The summed E-state index contributed by atoms with van der Waals surface area (Å²) in [5.74, 6) is -0.535. The van der Waals surface area contributed by atoms with E-state index in [9.17, 15) is 9.90 Å². The number of esters is 1. The molecule has 0 saturated heterocycles. The van der Waals surface area contributed by atoms with Crippen molar-refractivity contribution < 1.29 is 14.6 Å². The van der Waals surface area contributed by atoms with Crippen molar-refractivity contribution in [1.82, 2.24) is 0 Å². The summed E-state index contributed by atoms with van der Waals surface area (Å²) < 4.78 is 4.53. The van der Waals surface area contributed by atoms with Crippen LogP contribution in [0.25, 0.3) is 0 Å². The number of rotatable bonds is 16. The van der Waals surface area contributed by atoms with Crippen LogP contribution < -0.4 is 5.73 Å². The smallest absolute Gasteiger partial charge is 0.325 e. The van der Waals surface area contributed by atoms with Gasteiger partial charge in [0, 0.05) is 0 Å². The summed E-state index contributed by atoms with van der Waals surface area (Å²) in [4.78, 5) is 11.2. The van der Waals surface area contributed by atoms with Gasteiger partial charge in [0.1, 0.15) is 6.04 Å². The zero-order valence-electron chi connectivity index (χ0n) is 15.4. The second-order valence-electron chi connectivity index (χ2n) is 6.65. The van der Waals surface area contributed by atoms with E-state index in [1.54, 1.807) is 0 Å². The Morgan fingerprint density at radius 1 is 0.870 bits per heavy atom. The number of hydrogen-bond acceptors (Lipinski definition) is 4. The molecule has 0 aromatic rings. The van der Waals surface area contributed by atoms with E-state index in [2.05, 4.69) is 11.7 Å². The maximum absolute atomic E-state index is 11.2. The molecule has 0 heterocycles. The zero-order valence-corrected chi connectivity index (χ0v) is 15.4. The molecular weight excluding hydrogens is 290 g/mol.